The highest BCUT2D eigenvalue weighted by Gasteiger charge is 2.14. The fraction of sp³-hybridized carbons (Fsp3) is 0.0526. The molecule has 0 aliphatic rings. The minimum atomic E-state index is -0.495. The lowest BCUT2D eigenvalue weighted by Crippen LogP contribution is -2.10. The second-order valence-electron chi connectivity index (χ2n) is 5.56. The molecule has 3 aromatic rings. The largest absolute Gasteiger partial charge is 0.451 e. The third-order valence-electron chi connectivity index (χ3n) is 3.72. The van der Waals surface area contributed by atoms with E-state index < -0.39 is 10.8 Å². The normalized spacial score (nSPS) is 10.3. The Morgan fingerprint density at radius 1 is 1.04 bits per heavy atom. The van der Waals surface area contributed by atoms with Crippen LogP contribution in [0.5, 0.6) is 0 Å². The number of hydrogen-bond donors (Lipinski definition) is 1. The number of anilines is 1. The van der Waals surface area contributed by atoms with E-state index in [1.54, 1.807) is 42.5 Å². The van der Waals surface area contributed by atoms with Crippen LogP contribution in [0.3, 0.4) is 0 Å². The molecule has 130 valence electrons. The van der Waals surface area contributed by atoms with Crippen molar-refractivity contribution < 1.29 is 18.9 Å². The van der Waals surface area contributed by atoms with Gasteiger partial charge in [-0.25, -0.2) is 0 Å². The molecule has 7 nitrogen and oxygen atoms in total. The third kappa shape index (κ3) is 3.67. The number of Topliss-reactive ketones (excluding diaryl/α,β-unsaturated/α-hetero) is 1. The Bertz CT molecular complexity index is 989. The number of nitrogens with one attached hydrogen (secondary N) is 1. The maximum absolute atomic E-state index is 12.3. The molecule has 26 heavy (non-hydrogen) atoms. The molecule has 0 bridgehead atoms. The molecule has 0 aliphatic heterocycles. The van der Waals surface area contributed by atoms with Gasteiger partial charge in [0, 0.05) is 28.9 Å². The van der Waals surface area contributed by atoms with Crippen molar-refractivity contribution in [2.24, 2.45) is 0 Å². The van der Waals surface area contributed by atoms with Crippen molar-refractivity contribution in [2.75, 3.05) is 5.32 Å². The van der Waals surface area contributed by atoms with E-state index in [4.69, 9.17) is 4.42 Å². The van der Waals surface area contributed by atoms with Crippen LogP contribution in [0.1, 0.15) is 27.8 Å². The summed E-state index contributed by atoms with van der Waals surface area (Å²) in [6, 6.07) is 15.5. The molecule has 0 spiro atoms. The van der Waals surface area contributed by atoms with Crippen molar-refractivity contribution in [3.8, 4) is 11.3 Å². The van der Waals surface area contributed by atoms with E-state index in [0.717, 1.165) is 0 Å². The summed E-state index contributed by atoms with van der Waals surface area (Å²) >= 11 is 0. The van der Waals surface area contributed by atoms with E-state index >= 15 is 0 Å². The number of furan rings is 1. The molecule has 0 saturated carbocycles. The van der Waals surface area contributed by atoms with Crippen molar-refractivity contribution >= 4 is 23.1 Å². The number of nitro benzene ring substituents is 1. The second-order valence-corrected chi connectivity index (χ2v) is 5.56. The highest BCUT2D eigenvalue weighted by atomic mass is 16.6. The second kappa shape index (κ2) is 7.02. The predicted octanol–water partition coefficient (Wildman–Crippen LogP) is 4.31. The quantitative estimate of drug-likeness (QED) is 0.419. The van der Waals surface area contributed by atoms with Gasteiger partial charge in [0.2, 0.25) is 0 Å². The number of rotatable bonds is 5. The number of benzene rings is 2. The van der Waals surface area contributed by atoms with Crippen molar-refractivity contribution in [2.45, 2.75) is 6.92 Å². The topological polar surface area (TPSA) is 102 Å². The fourth-order valence-electron chi connectivity index (χ4n) is 2.37. The Kier molecular flexibility index (Phi) is 4.62. The Balaban J connectivity index is 1.76. The van der Waals surface area contributed by atoms with Crippen LogP contribution in [-0.2, 0) is 0 Å². The van der Waals surface area contributed by atoms with Crippen LogP contribution in [0.15, 0.2) is 65.1 Å². The van der Waals surface area contributed by atoms with Gasteiger partial charge < -0.3 is 9.73 Å². The average Bonchev–Trinajstić information content (AvgIpc) is 3.12. The predicted molar refractivity (Wildman–Crippen MR) is 95.2 cm³/mol. The van der Waals surface area contributed by atoms with Crippen molar-refractivity contribution in [3.05, 3.63) is 82.1 Å². The molecule has 1 amide bonds. The van der Waals surface area contributed by atoms with Gasteiger partial charge in [-0.05, 0) is 43.3 Å². The number of nitro groups is 1. The van der Waals surface area contributed by atoms with E-state index in [1.165, 1.54) is 25.1 Å². The maximum Gasteiger partial charge on any atom is 0.291 e. The van der Waals surface area contributed by atoms with Gasteiger partial charge in [-0.1, -0.05) is 12.1 Å². The monoisotopic (exact) mass is 350 g/mol. The first-order valence-electron chi connectivity index (χ1n) is 7.71. The van der Waals surface area contributed by atoms with Crippen LogP contribution < -0.4 is 5.32 Å². The first kappa shape index (κ1) is 17.1. The van der Waals surface area contributed by atoms with E-state index in [1.807, 2.05) is 0 Å². The van der Waals surface area contributed by atoms with Gasteiger partial charge in [0.25, 0.3) is 11.6 Å². The molecular weight excluding hydrogens is 336 g/mol. The van der Waals surface area contributed by atoms with Crippen molar-refractivity contribution in [3.63, 3.8) is 0 Å². The lowest BCUT2D eigenvalue weighted by Gasteiger charge is -2.04. The number of hydrogen-bond acceptors (Lipinski definition) is 5. The summed E-state index contributed by atoms with van der Waals surface area (Å²) in [7, 11) is 0. The lowest BCUT2D eigenvalue weighted by molar-refractivity contribution is -0.384. The van der Waals surface area contributed by atoms with Crippen molar-refractivity contribution in [1.29, 1.82) is 0 Å². The summed E-state index contributed by atoms with van der Waals surface area (Å²) in [5.74, 6) is -0.0966. The van der Waals surface area contributed by atoms with Crippen molar-refractivity contribution in [1.82, 2.24) is 0 Å². The number of non-ortho nitro benzene ring substituents is 1. The molecule has 0 radical (unpaired) electrons. The van der Waals surface area contributed by atoms with Gasteiger partial charge >= 0.3 is 0 Å². The SMILES string of the molecule is CC(=O)c1ccc(NC(=O)c2ccc(-c3cccc([N+](=O)[O-])c3)o2)cc1. The molecule has 0 atom stereocenters. The van der Waals surface area contributed by atoms with Gasteiger partial charge in [0.05, 0.1) is 4.92 Å². The molecular formula is C19H14N2O5. The highest BCUT2D eigenvalue weighted by molar-refractivity contribution is 6.03. The fourth-order valence-corrected chi connectivity index (χ4v) is 2.37. The van der Waals surface area contributed by atoms with Crippen LogP contribution in [0.4, 0.5) is 11.4 Å². The zero-order valence-electron chi connectivity index (χ0n) is 13.8. The third-order valence-corrected chi connectivity index (χ3v) is 3.72. The Morgan fingerprint density at radius 3 is 2.42 bits per heavy atom. The first-order valence-corrected chi connectivity index (χ1v) is 7.71. The molecule has 1 aromatic heterocycles. The maximum atomic E-state index is 12.3. The molecule has 0 aliphatic carbocycles. The summed E-state index contributed by atoms with van der Waals surface area (Å²) in [4.78, 5) is 33.9. The van der Waals surface area contributed by atoms with Crippen LogP contribution >= 0.6 is 0 Å². The minimum absolute atomic E-state index is 0.0597. The Labute approximate surface area is 148 Å². The smallest absolute Gasteiger partial charge is 0.291 e. The number of carbonyl (C=O) groups is 2. The van der Waals surface area contributed by atoms with E-state index in [9.17, 15) is 19.7 Å². The van der Waals surface area contributed by atoms with Gasteiger partial charge in [-0.2, -0.15) is 0 Å². The number of carbonyl (C=O) groups excluding carboxylic acids is 2. The molecule has 1 heterocycles. The summed E-state index contributed by atoms with van der Waals surface area (Å²) in [5, 5.41) is 13.5. The standard InChI is InChI=1S/C19H14N2O5/c1-12(22)13-5-7-15(8-6-13)20-19(23)18-10-9-17(26-18)14-3-2-4-16(11-14)21(24)25/h2-11H,1H3,(H,20,23). The Hall–Kier alpha value is -3.74. The van der Waals surface area contributed by atoms with Gasteiger partial charge in [0.15, 0.2) is 11.5 Å². The number of nitrogens with zero attached hydrogens (tertiary/aromatic N) is 1. The average molecular weight is 350 g/mol. The van der Waals surface area contributed by atoms with E-state index in [0.29, 0.717) is 22.6 Å². The molecule has 0 saturated heterocycles. The summed E-state index contributed by atoms with van der Waals surface area (Å²) in [5.41, 5.74) is 1.52. The van der Waals surface area contributed by atoms with Crippen LogP contribution in [0, 0.1) is 10.1 Å². The molecule has 1 N–H and O–H groups in total. The molecule has 7 heteroatoms. The molecule has 0 unspecified atom stereocenters. The zero-order chi connectivity index (χ0) is 18.7. The van der Waals surface area contributed by atoms with E-state index in [-0.39, 0.29) is 17.2 Å². The van der Waals surface area contributed by atoms with Crippen LogP contribution in [-0.4, -0.2) is 16.6 Å². The minimum Gasteiger partial charge on any atom is -0.451 e. The Morgan fingerprint density at radius 2 is 1.77 bits per heavy atom. The summed E-state index contributed by atoms with van der Waals surface area (Å²) in [6.07, 6.45) is 0. The number of amides is 1. The summed E-state index contributed by atoms with van der Waals surface area (Å²) in [6.45, 7) is 1.46. The number of ketones is 1. The highest BCUT2D eigenvalue weighted by Crippen LogP contribution is 2.26. The van der Waals surface area contributed by atoms with Gasteiger partial charge in [-0.15, -0.1) is 0 Å². The summed E-state index contributed by atoms with van der Waals surface area (Å²) < 4.78 is 5.51. The molecule has 2 aromatic carbocycles. The first-order chi connectivity index (χ1) is 12.4. The van der Waals surface area contributed by atoms with Crippen LogP contribution in [0.25, 0.3) is 11.3 Å². The zero-order valence-corrected chi connectivity index (χ0v) is 13.8. The van der Waals surface area contributed by atoms with Gasteiger partial charge in [-0.3, -0.25) is 19.7 Å². The van der Waals surface area contributed by atoms with E-state index in [2.05, 4.69) is 5.32 Å². The van der Waals surface area contributed by atoms with Crippen LogP contribution in [0.2, 0.25) is 0 Å². The lowest BCUT2D eigenvalue weighted by atomic mass is 10.1. The molecule has 0 fully saturated rings. The van der Waals surface area contributed by atoms with Gasteiger partial charge in [0.1, 0.15) is 5.76 Å². The molecule has 3 rings (SSSR count).